The Morgan fingerprint density at radius 3 is 2.33 bits per heavy atom. The molecular weight excluding hydrogens is 454 g/mol. The third-order valence-electron chi connectivity index (χ3n) is 6.56. The van der Waals surface area contributed by atoms with E-state index in [9.17, 15) is 14.7 Å². The molecule has 3 N–H and O–H groups in total. The van der Waals surface area contributed by atoms with E-state index in [1.165, 1.54) is 0 Å². The molecule has 1 heterocycles. The van der Waals surface area contributed by atoms with Gasteiger partial charge in [0.25, 0.3) is 11.8 Å². The van der Waals surface area contributed by atoms with Crippen LogP contribution in [0.5, 0.6) is 0 Å². The van der Waals surface area contributed by atoms with E-state index in [1.54, 1.807) is 24.3 Å². The van der Waals surface area contributed by atoms with Crippen molar-refractivity contribution in [2.45, 2.75) is 64.1 Å². The Morgan fingerprint density at radius 1 is 1.00 bits per heavy atom. The van der Waals surface area contributed by atoms with E-state index in [2.05, 4.69) is 24.5 Å². The van der Waals surface area contributed by atoms with Crippen molar-refractivity contribution in [3.63, 3.8) is 0 Å². The number of nitrogens with one attached hydrogen (secondary N) is 2. The Morgan fingerprint density at radius 2 is 1.67 bits per heavy atom. The Bertz CT molecular complexity index is 941. The average molecular weight is 496 g/mol. The van der Waals surface area contributed by atoms with Crippen molar-refractivity contribution in [3.05, 3.63) is 71.3 Å². The molecule has 1 aliphatic heterocycles. The maximum absolute atomic E-state index is 13.3. The summed E-state index contributed by atoms with van der Waals surface area (Å²) in [6.45, 7) is 7.30. The number of ether oxygens (including phenoxy) is 1. The van der Waals surface area contributed by atoms with Crippen molar-refractivity contribution < 1.29 is 19.4 Å². The predicted octanol–water partition coefficient (Wildman–Crippen LogP) is 3.42. The number of aliphatic hydroxyl groups excluding tert-OH is 1. The SMILES string of the molecule is CCCN(CCC)C(=O)c1cccc(C(=O)N[C@@H](Cc2ccccc2)[C@H](O)CNC2CCOCC2)c1. The van der Waals surface area contributed by atoms with Crippen molar-refractivity contribution in [2.75, 3.05) is 32.8 Å². The third-order valence-corrected chi connectivity index (χ3v) is 6.56. The second-order valence-corrected chi connectivity index (χ2v) is 9.50. The van der Waals surface area contributed by atoms with Crippen LogP contribution in [0.25, 0.3) is 0 Å². The van der Waals surface area contributed by atoms with Gasteiger partial charge in [-0.15, -0.1) is 0 Å². The minimum Gasteiger partial charge on any atom is -0.390 e. The minimum atomic E-state index is -0.772. The highest BCUT2D eigenvalue weighted by molar-refractivity contribution is 5.99. The lowest BCUT2D eigenvalue weighted by atomic mass is 9.99. The van der Waals surface area contributed by atoms with Crippen molar-refractivity contribution in [3.8, 4) is 0 Å². The van der Waals surface area contributed by atoms with E-state index in [-0.39, 0.29) is 11.8 Å². The summed E-state index contributed by atoms with van der Waals surface area (Å²) in [5.41, 5.74) is 1.95. The summed E-state index contributed by atoms with van der Waals surface area (Å²) in [6.07, 6.45) is 3.32. The molecule has 0 aromatic heterocycles. The number of hydrogen-bond acceptors (Lipinski definition) is 5. The van der Waals surface area contributed by atoms with Gasteiger partial charge in [-0.3, -0.25) is 9.59 Å². The van der Waals surface area contributed by atoms with Crippen molar-refractivity contribution in [2.24, 2.45) is 0 Å². The zero-order valence-corrected chi connectivity index (χ0v) is 21.6. The summed E-state index contributed by atoms with van der Waals surface area (Å²) in [4.78, 5) is 28.1. The monoisotopic (exact) mass is 495 g/mol. The molecule has 7 nitrogen and oxygen atoms in total. The fourth-order valence-corrected chi connectivity index (χ4v) is 4.57. The minimum absolute atomic E-state index is 0.0603. The van der Waals surface area contributed by atoms with Crippen LogP contribution in [-0.4, -0.2) is 72.9 Å². The van der Waals surface area contributed by atoms with Crippen LogP contribution in [0.2, 0.25) is 0 Å². The summed E-state index contributed by atoms with van der Waals surface area (Å²) in [7, 11) is 0. The maximum atomic E-state index is 13.3. The first kappa shape index (κ1) is 27.8. The lowest BCUT2D eigenvalue weighted by molar-refractivity contribution is 0.0657. The number of hydrogen-bond donors (Lipinski definition) is 3. The van der Waals surface area contributed by atoms with Gasteiger partial charge in [-0.1, -0.05) is 50.2 Å². The Labute approximate surface area is 215 Å². The fourth-order valence-electron chi connectivity index (χ4n) is 4.57. The molecule has 36 heavy (non-hydrogen) atoms. The molecule has 2 amide bonds. The van der Waals surface area contributed by atoms with Gasteiger partial charge in [-0.2, -0.15) is 0 Å². The quantitative estimate of drug-likeness (QED) is 0.396. The summed E-state index contributed by atoms with van der Waals surface area (Å²) < 4.78 is 5.42. The predicted molar refractivity (Wildman–Crippen MR) is 142 cm³/mol. The highest BCUT2D eigenvalue weighted by atomic mass is 16.5. The van der Waals surface area contributed by atoms with Gasteiger partial charge in [-0.25, -0.2) is 0 Å². The van der Waals surface area contributed by atoms with E-state index in [0.29, 0.717) is 43.2 Å². The van der Waals surface area contributed by atoms with Crippen molar-refractivity contribution in [1.82, 2.24) is 15.5 Å². The second kappa shape index (κ2) is 14.7. The molecule has 0 unspecified atom stereocenters. The van der Waals surface area contributed by atoms with Crippen LogP contribution in [0.15, 0.2) is 54.6 Å². The number of aliphatic hydroxyl groups is 1. The summed E-state index contributed by atoms with van der Waals surface area (Å²) in [6, 6.07) is 16.5. The van der Waals surface area contributed by atoms with Crippen LogP contribution in [0.4, 0.5) is 0 Å². The normalized spacial score (nSPS) is 15.8. The molecule has 0 saturated carbocycles. The Balaban J connectivity index is 1.71. The number of carbonyl (C=O) groups excluding carboxylic acids is 2. The maximum Gasteiger partial charge on any atom is 0.253 e. The smallest absolute Gasteiger partial charge is 0.253 e. The number of rotatable bonds is 13. The molecule has 0 spiro atoms. The second-order valence-electron chi connectivity index (χ2n) is 9.50. The highest BCUT2D eigenvalue weighted by Gasteiger charge is 2.25. The van der Waals surface area contributed by atoms with Crippen LogP contribution in [0.1, 0.15) is 65.8 Å². The molecule has 1 saturated heterocycles. The summed E-state index contributed by atoms with van der Waals surface area (Å²) >= 11 is 0. The van der Waals surface area contributed by atoms with Gasteiger partial charge in [-0.05, 0) is 55.9 Å². The molecule has 196 valence electrons. The average Bonchev–Trinajstić information content (AvgIpc) is 2.92. The Kier molecular flexibility index (Phi) is 11.4. The Hall–Kier alpha value is -2.74. The zero-order chi connectivity index (χ0) is 25.8. The van der Waals surface area contributed by atoms with Crippen LogP contribution in [-0.2, 0) is 11.2 Å². The zero-order valence-electron chi connectivity index (χ0n) is 21.6. The first-order chi connectivity index (χ1) is 17.5. The molecule has 2 aromatic rings. The first-order valence-electron chi connectivity index (χ1n) is 13.2. The molecule has 2 aromatic carbocycles. The van der Waals surface area contributed by atoms with Crippen LogP contribution in [0, 0.1) is 0 Å². The molecule has 0 bridgehead atoms. The van der Waals surface area contributed by atoms with Gasteiger partial charge in [0, 0.05) is 50.0 Å². The molecule has 7 heteroatoms. The number of benzene rings is 2. The number of nitrogens with zero attached hydrogens (tertiary/aromatic N) is 1. The van der Waals surface area contributed by atoms with E-state index >= 15 is 0 Å². The first-order valence-corrected chi connectivity index (χ1v) is 13.2. The molecule has 1 aliphatic rings. The lowest BCUT2D eigenvalue weighted by Crippen LogP contribution is -2.50. The molecule has 0 aliphatic carbocycles. The van der Waals surface area contributed by atoms with Gasteiger partial charge in [0.15, 0.2) is 0 Å². The summed E-state index contributed by atoms with van der Waals surface area (Å²) in [5.74, 6) is -0.358. The van der Waals surface area contributed by atoms with Gasteiger partial charge in [0.05, 0.1) is 12.1 Å². The summed E-state index contributed by atoms with van der Waals surface area (Å²) in [5, 5.41) is 17.5. The van der Waals surface area contributed by atoms with Crippen LogP contribution < -0.4 is 10.6 Å². The van der Waals surface area contributed by atoms with E-state index < -0.39 is 12.1 Å². The standard InChI is InChI=1S/C29H41N3O4/c1-3-15-32(16-4-2)29(35)24-12-8-11-23(20-24)28(34)31-26(19-22-9-6-5-7-10-22)27(33)21-30-25-13-17-36-18-14-25/h5-12,20,25-27,30,33H,3-4,13-19,21H2,1-2H3,(H,31,34)/t26-,27+/m0/s1. The van der Waals surface area contributed by atoms with Gasteiger partial charge in [0.1, 0.15) is 0 Å². The number of amides is 2. The van der Waals surface area contributed by atoms with E-state index in [4.69, 9.17) is 4.74 Å². The van der Waals surface area contributed by atoms with Gasteiger partial charge >= 0.3 is 0 Å². The van der Waals surface area contributed by atoms with Crippen LogP contribution in [0.3, 0.4) is 0 Å². The van der Waals surface area contributed by atoms with Crippen molar-refractivity contribution >= 4 is 11.8 Å². The lowest BCUT2D eigenvalue weighted by Gasteiger charge is -2.28. The van der Waals surface area contributed by atoms with E-state index in [1.807, 2.05) is 35.2 Å². The molecule has 2 atom stereocenters. The number of carbonyl (C=O) groups is 2. The largest absolute Gasteiger partial charge is 0.390 e. The molecular formula is C29H41N3O4. The van der Waals surface area contributed by atoms with Crippen molar-refractivity contribution in [1.29, 1.82) is 0 Å². The topological polar surface area (TPSA) is 90.9 Å². The molecule has 3 rings (SSSR count). The van der Waals surface area contributed by atoms with Crippen LogP contribution >= 0.6 is 0 Å². The molecule has 0 radical (unpaired) electrons. The fraction of sp³-hybridized carbons (Fsp3) is 0.517. The van der Waals surface area contributed by atoms with E-state index in [0.717, 1.165) is 44.5 Å². The highest BCUT2D eigenvalue weighted by Crippen LogP contribution is 2.13. The van der Waals surface area contributed by atoms with Gasteiger partial charge < -0.3 is 25.4 Å². The van der Waals surface area contributed by atoms with Gasteiger partial charge in [0.2, 0.25) is 0 Å². The third kappa shape index (κ3) is 8.43. The molecule has 1 fully saturated rings.